The zero-order valence-corrected chi connectivity index (χ0v) is 31.7. The van der Waals surface area contributed by atoms with E-state index in [0.717, 1.165) is 53.7 Å². The minimum atomic E-state index is -0.910. The molecule has 3 aromatic carbocycles. The summed E-state index contributed by atoms with van der Waals surface area (Å²) in [5.74, 6) is 0.976. The molecule has 3 aliphatic carbocycles. The minimum Gasteiger partial charge on any atom is -0.466 e. The fourth-order valence-corrected chi connectivity index (χ4v) is 9.79. The van der Waals surface area contributed by atoms with Crippen LogP contribution in [0.25, 0.3) is 33.1 Å². The second-order valence-corrected chi connectivity index (χ2v) is 15.7. The molecule has 4 aromatic heterocycles. The number of esters is 1. The summed E-state index contributed by atoms with van der Waals surface area (Å²) >= 11 is 7.65. The van der Waals surface area contributed by atoms with E-state index in [4.69, 9.17) is 36.3 Å². The maximum atomic E-state index is 14.6. The third-order valence-corrected chi connectivity index (χ3v) is 12.4. The zero-order valence-electron chi connectivity index (χ0n) is 30.1. The van der Waals surface area contributed by atoms with Gasteiger partial charge in [0.2, 0.25) is 0 Å². The van der Waals surface area contributed by atoms with Gasteiger partial charge in [0.05, 0.1) is 34.9 Å². The van der Waals surface area contributed by atoms with E-state index < -0.39 is 5.54 Å². The molecule has 0 aliphatic heterocycles. The molecule has 0 unspecified atom stereocenters. The molecule has 2 atom stereocenters. The second-order valence-electron chi connectivity index (χ2n) is 14.3. The third-order valence-electron chi connectivity index (χ3n) is 11.3. The molecule has 7 aromatic rings. The Balaban J connectivity index is 1.28. The number of aromatic nitrogens is 5. The number of nitrogens with zero attached hydrogens (tertiary/aromatic N) is 5. The van der Waals surface area contributed by atoms with Gasteiger partial charge in [0.15, 0.2) is 16.6 Å². The number of fused-ring (bicyclic) bond motifs is 4. The highest BCUT2D eigenvalue weighted by Crippen LogP contribution is 2.48. The molecule has 2 bridgehead atoms. The van der Waals surface area contributed by atoms with Crippen molar-refractivity contribution in [2.24, 2.45) is 17.8 Å². The van der Waals surface area contributed by atoms with E-state index in [1.807, 2.05) is 73.8 Å². The average molecular weight is 769 g/mol. The van der Waals surface area contributed by atoms with Crippen LogP contribution in [0.4, 0.5) is 10.2 Å². The van der Waals surface area contributed by atoms with E-state index >= 15 is 0 Å². The third kappa shape index (κ3) is 6.27. The van der Waals surface area contributed by atoms with Crippen molar-refractivity contribution in [1.82, 2.24) is 24.5 Å². The highest BCUT2D eigenvalue weighted by Gasteiger charge is 2.48. The number of thiophene rings is 1. The molecular formula is C44H38ClFN6O2S. The van der Waals surface area contributed by atoms with Gasteiger partial charge in [-0.05, 0) is 73.3 Å². The maximum absolute atomic E-state index is 14.6. The Morgan fingerprint density at radius 3 is 2.07 bits per heavy atom. The molecule has 276 valence electrons. The molecule has 0 amide bonds. The first-order valence-corrected chi connectivity index (χ1v) is 19.9. The molecule has 3 aliphatic rings. The number of hydrogen-bond donors (Lipinski definition) is 1. The number of carbonyl (C=O) groups excluding carboxylic acids is 1. The van der Waals surface area contributed by atoms with Crippen LogP contribution in [0.1, 0.15) is 49.3 Å². The number of anilines is 1. The lowest BCUT2D eigenvalue weighted by molar-refractivity contribution is -0.154. The fraction of sp³-hybridized carbons (Fsp3) is 0.250. The largest absolute Gasteiger partial charge is 0.466 e. The van der Waals surface area contributed by atoms with Gasteiger partial charge in [-0.1, -0.05) is 103 Å². The summed E-state index contributed by atoms with van der Waals surface area (Å²) in [6, 6.07) is 35.8. The summed E-state index contributed by atoms with van der Waals surface area (Å²) < 4.78 is 22.3. The summed E-state index contributed by atoms with van der Waals surface area (Å²) in [6.07, 6.45) is 7.64. The van der Waals surface area contributed by atoms with Gasteiger partial charge in [0.1, 0.15) is 22.0 Å². The second kappa shape index (κ2) is 14.7. The van der Waals surface area contributed by atoms with Gasteiger partial charge in [-0.25, -0.2) is 19.9 Å². The van der Waals surface area contributed by atoms with Crippen molar-refractivity contribution in [2.45, 2.75) is 44.2 Å². The number of rotatable bonds is 10. The molecule has 4 heterocycles. The van der Waals surface area contributed by atoms with E-state index in [-0.39, 0.29) is 40.0 Å². The van der Waals surface area contributed by atoms with E-state index in [9.17, 15) is 9.18 Å². The minimum absolute atomic E-state index is 0.167. The number of ether oxygens (including phenoxy) is 1. The van der Waals surface area contributed by atoms with Gasteiger partial charge in [0.25, 0.3) is 0 Å². The monoisotopic (exact) mass is 768 g/mol. The summed E-state index contributed by atoms with van der Waals surface area (Å²) in [5.41, 5.74) is 4.36. The SMILES string of the molecule is CCOC(=O)[C@@H]1C2CCC(CC2)[C@H]1Nc1cc(-c2ccc(F)s2)nc(-c2cn(C(c3ccccc3)(c3ccccc3)c3ccccc3)c3ncc(Cl)nc23)n1. The van der Waals surface area contributed by atoms with Crippen molar-refractivity contribution >= 4 is 45.9 Å². The van der Waals surface area contributed by atoms with Crippen LogP contribution in [0.2, 0.25) is 5.15 Å². The van der Waals surface area contributed by atoms with Crippen molar-refractivity contribution in [3.05, 3.63) is 149 Å². The van der Waals surface area contributed by atoms with E-state index in [1.165, 1.54) is 6.07 Å². The molecule has 0 saturated heterocycles. The van der Waals surface area contributed by atoms with Crippen LogP contribution >= 0.6 is 22.9 Å². The van der Waals surface area contributed by atoms with E-state index in [1.54, 1.807) is 12.3 Å². The van der Waals surface area contributed by atoms with Crippen molar-refractivity contribution in [2.75, 3.05) is 11.9 Å². The molecule has 0 spiro atoms. The Bertz CT molecular complexity index is 2370. The van der Waals surface area contributed by atoms with E-state index in [2.05, 4.69) is 46.3 Å². The number of halogens is 2. The smallest absolute Gasteiger partial charge is 0.311 e. The van der Waals surface area contributed by atoms with E-state index in [0.29, 0.717) is 45.5 Å². The lowest BCUT2D eigenvalue weighted by Gasteiger charge is -2.47. The molecule has 3 saturated carbocycles. The number of nitrogens with one attached hydrogen (secondary N) is 1. The molecule has 1 N–H and O–H groups in total. The number of carbonyl (C=O) groups is 1. The quantitative estimate of drug-likeness (QED) is 0.109. The first-order chi connectivity index (χ1) is 26.9. The summed E-state index contributed by atoms with van der Waals surface area (Å²) in [6.45, 7) is 2.17. The van der Waals surface area contributed by atoms with Crippen LogP contribution in [0.15, 0.2) is 122 Å². The summed E-state index contributed by atoms with van der Waals surface area (Å²) in [7, 11) is 0. The molecule has 3 fully saturated rings. The normalized spacial score (nSPS) is 19.4. The van der Waals surface area contributed by atoms with Crippen LogP contribution in [0.5, 0.6) is 0 Å². The first-order valence-electron chi connectivity index (χ1n) is 18.7. The predicted molar refractivity (Wildman–Crippen MR) is 214 cm³/mol. The van der Waals surface area contributed by atoms with Crippen molar-refractivity contribution in [3.8, 4) is 22.0 Å². The Hall–Kier alpha value is -5.45. The highest BCUT2D eigenvalue weighted by atomic mass is 35.5. The molecule has 11 heteroatoms. The number of hydrogen-bond acceptors (Lipinski definition) is 8. The standard InChI is InChI=1S/C44H38ClFN6O2S/c1-2-54-43(53)38-27-18-20-28(21-19-27)39(38)50-37-24-33(34-22-23-36(46)55-34)48-41(51-37)32-26-52(42-40(32)49-35(45)25-47-42)44(29-12-6-3-7-13-29,30-14-8-4-9-15-30)31-16-10-5-11-17-31/h3-17,22-28,38-39H,2,18-21H2,1H3,(H,48,50,51)/t27?,28?,38-,39-/m1/s1. The van der Waals surface area contributed by atoms with Gasteiger partial charge in [0, 0.05) is 18.3 Å². The number of benzene rings is 3. The Morgan fingerprint density at radius 2 is 1.49 bits per heavy atom. The topological polar surface area (TPSA) is 94.8 Å². The van der Waals surface area contributed by atoms with Gasteiger partial charge in [-0.2, -0.15) is 4.39 Å². The predicted octanol–water partition coefficient (Wildman–Crippen LogP) is 10.0. The molecule has 55 heavy (non-hydrogen) atoms. The van der Waals surface area contributed by atoms with Crippen LogP contribution in [-0.2, 0) is 15.1 Å². The van der Waals surface area contributed by atoms with Gasteiger partial charge < -0.3 is 14.6 Å². The van der Waals surface area contributed by atoms with Crippen LogP contribution in [-0.4, -0.2) is 43.1 Å². The highest BCUT2D eigenvalue weighted by molar-refractivity contribution is 7.13. The van der Waals surface area contributed by atoms with Crippen molar-refractivity contribution in [3.63, 3.8) is 0 Å². The first kappa shape index (κ1) is 35.3. The van der Waals surface area contributed by atoms with Gasteiger partial charge in [-0.3, -0.25) is 4.79 Å². The van der Waals surface area contributed by atoms with Gasteiger partial charge >= 0.3 is 5.97 Å². The lowest BCUT2D eigenvalue weighted by atomic mass is 9.61. The van der Waals surface area contributed by atoms with Crippen LogP contribution in [0, 0.1) is 22.9 Å². The van der Waals surface area contributed by atoms with Gasteiger partial charge in [-0.15, -0.1) is 11.3 Å². The van der Waals surface area contributed by atoms with Crippen LogP contribution in [0.3, 0.4) is 0 Å². The molecule has 0 radical (unpaired) electrons. The fourth-order valence-electron chi connectivity index (χ4n) is 8.97. The Kier molecular flexibility index (Phi) is 9.40. The average Bonchev–Trinajstić information content (AvgIpc) is 3.83. The lowest BCUT2D eigenvalue weighted by Crippen LogP contribution is -2.52. The Morgan fingerprint density at radius 1 is 0.873 bits per heavy atom. The summed E-state index contributed by atoms with van der Waals surface area (Å²) in [4.78, 5) is 34.1. The maximum Gasteiger partial charge on any atom is 0.311 e. The summed E-state index contributed by atoms with van der Waals surface area (Å²) in [5, 5.41) is 3.60. The van der Waals surface area contributed by atoms with Crippen LogP contribution < -0.4 is 5.32 Å². The van der Waals surface area contributed by atoms with Crippen molar-refractivity contribution < 1.29 is 13.9 Å². The molecule has 10 rings (SSSR count). The van der Waals surface area contributed by atoms with Crippen molar-refractivity contribution in [1.29, 1.82) is 0 Å². The molecule has 8 nitrogen and oxygen atoms in total. The zero-order chi connectivity index (χ0) is 37.5. The molecular weight excluding hydrogens is 731 g/mol. The Labute approximate surface area is 327 Å².